The van der Waals surface area contributed by atoms with Gasteiger partial charge < -0.3 is 15.4 Å². The molecule has 3 aromatic rings. The number of anilines is 1. The fraction of sp³-hybridized carbons (Fsp3) is 0.238. The molecule has 27 heavy (non-hydrogen) atoms. The molecular formula is C21H22N4O2. The van der Waals surface area contributed by atoms with Crippen molar-refractivity contribution in [3.63, 3.8) is 0 Å². The Labute approximate surface area is 158 Å². The van der Waals surface area contributed by atoms with Crippen molar-refractivity contribution in [1.29, 1.82) is 0 Å². The highest BCUT2D eigenvalue weighted by molar-refractivity contribution is 6.05. The molecule has 1 aliphatic rings. The Hall–Kier alpha value is -2.96. The van der Waals surface area contributed by atoms with Crippen molar-refractivity contribution in [3.05, 3.63) is 77.6 Å². The van der Waals surface area contributed by atoms with Gasteiger partial charge in [-0.3, -0.25) is 4.79 Å². The molecule has 0 bridgehead atoms. The van der Waals surface area contributed by atoms with Crippen LogP contribution in [0.15, 0.2) is 60.8 Å². The number of hydrogen-bond donors (Lipinski definition) is 2. The maximum absolute atomic E-state index is 12.7. The summed E-state index contributed by atoms with van der Waals surface area (Å²) in [5.41, 5.74) is 4.15. The fourth-order valence-electron chi connectivity index (χ4n) is 3.22. The van der Waals surface area contributed by atoms with E-state index in [4.69, 9.17) is 4.74 Å². The van der Waals surface area contributed by atoms with Crippen LogP contribution in [-0.4, -0.2) is 35.4 Å². The minimum atomic E-state index is -0.169. The quantitative estimate of drug-likeness (QED) is 0.748. The van der Waals surface area contributed by atoms with Crippen molar-refractivity contribution in [2.45, 2.75) is 13.0 Å². The zero-order valence-electron chi connectivity index (χ0n) is 15.2. The van der Waals surface area contributed by atoms with Crippen LogP contribution in [0.3, 0.4) is 0 Å². The molecule has 0 saturated carbocycles. The predicted octanol–water partition coefficient (Wildman–Crippen LogP) is 3.09. The zero-order valence-corrected chi connectivity index (χ0v) is 15.2. The number of ether oxygens (including phenoxy) is 1. The van der Waals surface area contributed by atoms with E-state index in [0.717, 1.165) is 35.7 Å². The Balaban J connectivity index is 1.47. The molecule has 0 radical (unpaired) electrons. The van der Waals surface area contributed by atoms with E-state index >= 15 is 0 Å². The van der Waals surface area contributed by atoms with E-state index in [2.05, 4.69) is 15.7 Å². The first-order valence-electron chi connectivity index (χ1n) is 9.06. The summed E-state index contributed by atoms with van der Waals surface area (Å²) in [6.07, 6.45) is 1.67. The first-order valence-corrected chi connectivity index (χ1v) is 9.06. The molecule has 1 aromatic heterocycles. The van der Waals surface area contributed by atoms with Crippen LogP contribution in [0.5, 0.6) is 0 Å². The maximum atomic E-state index is 12.7. The van der Waals surface area contributed by atoms with Gasteiger partial charge >= 0.3 is 0 Å². The number of nitrogens with zero attached hydrogens (tertiary/aromatic N) is 2. The minimum absolute atomic E-state index is 0.0647. The van der Waals surface area contributed by atoms with Gasteiger partial charge in [-0.15, -0.1) is 0 Å². The Morgan fingerprint density at radius 2 is 1.96 bits per heavy atom. The van der Waals surface area contributed by atoms with Gasteiger partial charge in [0, 0.05) is 18.8 Å². The number of morpholine rings is 1. The summed E-state index contributed by atoms with van der Waals surface area (Å²) >= 11 is 0. The lowest BCUT2D eigenvalue weighted by Crippen LogP contribution is -2.33. The molecule has 0 spiro atoms. The van der Waals surface area contributed by atoms with Crippen LogP contribution in [0.2, 0.25) is 0 Å². The predicted molar refractivity (Wildman–Crippen MR) is 104 cm³/mol. The van der Waals surface area contributed by atoms with Gasteiger partial charge in [0.25, 0.3) is 5.91 Å². The molecule has 1 unspecified atom stereocenters. The summed E-state index contributed by atoms with van der Waals surface area (Å²) in [6, 6.07) is 17.6. The maximum Gasteiger partial charge on any atom is 0.259 e. The molecular weight excluding hydrogens is 340 g/mol. The van der Waals surface area contributed by atoms with E-state index < -0.39 is 0 Å². The summed E-state index contributed by atoms with van der Waals surface area (Å²) in [5.74, 6) is -0.169. The lowest BCUT2D eigenvalue weighted by Gasteiger charge is -2.24. The molecule has 1 aliphatic heterocycles. The second-order valence-corrected chi connectivity index (χ2v) is 6.53. The first-order chi connectivity index (χ1) is 13.2. The number of aromatic nitrogens is 2. The van der Waals surface area contributed by atoms with E-state index in [1.165, 1.54) is 0 Å². The Morgan fingerprint density at radius 1 is 1.19 bits per heavy atom. The lowest BCUT2D eigenvalue weighted by atomic mass is 10.1. The van der Waals surface area contributed by atoms with Crippen LogP contribution in [0.25, 0.3) is 5.69 Å². The Morgan fingerprint density at radius 3 is 2.67 bits per heavy atom. The first kappa shape index (κ1) is 17.5. The van der Waals surface area contributed by atoms with Gasteiger partial charge in [0.15, 0.2) is 0 Å². The van der Waals surface area contributed by atoms with Crippen LogP contribution in [0, 0.1) is 6.92 Å². The topological polar surface area (TPSA) is 68.2 Å². The molecule has 1 saturated heterocycles. The average molecular weight is 362 g/mol. The summed E-state index contributed by atoms with van der Waals surface area (Å²) in [4.78, 5) is 12.7. The van der Waals surface area contributed by atoms with Crippen LogP contribution in [0.1, 0.15) is 27.7 Å². The molecule has 138 valence electrons. The lowest BCUT2D eigenvalue weighted by molar-refractivity contribution is 0.0277. The van der Waals surface area contributed by atoms with Crippen molar-refractivity contribution in [3.8, 4) is 5.69 Å². The van der Waals surface area contributed by atoms with Crippen molar-refractivity contribution >= 4 is 11.6 Å². The average Bonchev–Trinajstić information content (AvgIpc) is 3.11. The summed E-state index contributed by atoms with van der Waals surface area (Å²) in [7, 11) is 0. The smallest absolute Gasteiger partial charge is 0.259 e. The van der Waals surface area contributed by atoms with E-state index in [1.807, 2.05) is 61.5 Å². The van der Waals surface area contributed by atoms with Gasteiger partial charge in [-0.2, -0.15) is 5.10 Å². The third kappa shape index (κ3) is 3.77. The van der Waals surface area contributed by atoms with Gasteiger partial charge in [0.2, 0.25) is 0 Å². The van der Waals surface area contributed by atoms with E-state index in [9.17, 15) is 4.79 Å². The summed E-state index contributed by atoms with van der Waals surface area (Å²) in [5, 5.41) is 10.6. The summed E-state index contributed by atoms with van der Waals surface area (Å²) < 4.78 is 7.52. The number of hydrogen-bond acceptors (Lipinski definition) is 4. The van der Waals surface area contributed by atoms with Crippen LogP contribution >= 0.6 is 0 Å². The Kier molecular flexibility index (Phi) is 5.00. The second-order valence-electron chi connectivity index (χ2n) is 6.53. The van der Waals surface area contributed by atoms with Crippen LogP contribution < -0.4 is 10.6 Å². The zero-order chi connectivity index (χ0) is 18.6. The largest absolute Gasteiger partial charge is 0.371 e. The third-order valence-corrected chi connectivity index (χ3v) is 4.72. The molecule has 6 heteroatoms. The van der Waals surface area contributed by atoms with E-state index in [-0.39, 0.29) is 12.0 Å². The van der Waals surface area contributed by atoms with Gasteiger partial charge in [0.1, 0.15) is 0 Å². The van der Waals surface area contributed by atoms with Crippen molar-refractivity contribution in [1.82, 2.24) is 15.1 Å². The second kappa shape index (κ2) is 7.73. The van der Waals surface area contributed by atoms with Crippen LogP contribution in [-0.2, 0) is 4.74 Å². The van der Waals surface area contributed by atoms with E-state index in [1.54, 1.807) is 10.9 Å². The number of carbonyl (C=O) groups excluding carboxylic acids is 1. The fourth-order valence-corrected chi connectivity index (χ4v) is 3.22. The number of benzene rings is 2. The monoisotopic (exact) mass is 362 g/mol. The van der Waals surface area contributed by atoms with Gasteiger partial charge in [-0.1, -0.05) is 30.3 Å². The van der Waals surface area contributed by atoms with Gasteiger partial charge in [-0.25, -0.2) is 4.68 Å². The Bertz CT molecular complexity index is 913. The normalized spacial score (nSPS) is 16.9. The molecule has 1 amide bonds. The molecule has 2 N–H and O–H groups in total. The number of para-hydroxylation sites is 1. The highest BCUT2D eigenvalue weighted by Crippen LogP contribution is 2.21. The minimum Gasteiger partial charge on any atom is -0.371 e. The van der Waals surface area contributed by atoms with Crippen molar-refractivity contribution in [2.24, 2.45) is 0 Å². The molecule has 1 fully saturated rings. The third-order valence-electron chi connectivity index (χ3n) is 4.72. The SMILES string of the molecule is Cc1c(C(=O)Nc2ccc(C3CNCCO3)cc2)cnn1-c1ccccc1. The van der Waals surface area contributed by atoms with Crippen molar-refractivity contribution < 1.29 is 9.53 Å². The molecule has 2 heterocycles. The number of carbonyl (C=O) groups is 1. The van der Waals surface area contributed by atoms with Gasteiger partial charge in [-0.05, 0) is 36.8 Å². The van der Waals surface area contributed by atoms with E-state index in [0.29, 0.717) is 12.2 Å². The van der Waals surface area contributed by atoms with Crippen LogP contribution in [0.4, 0.5) is 5.69 Å². The van der Waals surface area contributed by atoms with Gasteiger partial charge in [0.05, 0.1) is 35.9 Å². The summed E-state index contributed by atoms with van der Waals surface area (Å²) in [6.45, 7) is 4.31. The number of nitrogens with one attached hydrogen (secondary N) is 2. The number of rotatable bonds is 4. The highest BCUT2D eigenvalue weighted by atomic mass is 16.5. The highest BCUT2D eigenvalue weighted by Gasteiger charge is 2.17. The van der Waals surface area contributed by atoms with Crippen molar-refractivity contribution in [2.75, 3.05) is 25.0 Å². The molecule has 0 aliphatic carbocycles. The molecule has 4 rings (SSSR count). The molecule has 1 atom stereocenters. The molecule has 6 nitrogen and oxygen atoms in total. The standard InChI is InChI=1S/C21H22N4O2/c1-15-19(13-23-25(15)18-5-3-2-4-6-18)21(26)24-17-9-7-16(8-10-17)20-14-22-11-12-27-20/h2-10,13,20,22H,11-12,14H2,1H3,(H,24,26). The number of amides is 1. The molecule has 2 aromatic carbocycles.